The van der Waals surface area contributed by atoms with E-state index >= 15 is 0 Å². The van der Waals surface area contributed by atoms with Crippen LogP contribution in [0.25, 0.3) is 0 Å². The minimum atomic E-state index is 0.586. The van der Waals surface area contributed by atoms with E-state index in [4.69, 9.17) is 0 Å². The van der Waals surface area contributed by atoms with Crippen LogP contribution in [-0.4, -0.2) is 0 Å². The quantitative estimate of drug-likeness (QED) is 0.348. The molecule has 4 fully saturated rings. The predicted octanol–water partition coefficient (Wildman–Crippen LogP) is 12.9. The van der Waals surface area contributed by atoms with E-state index in [1.807, 2.05) is 0 Å². The van der Waals surface area contributed by atoms with Crippen LogP contribution in [-0.2, 0) is 0 Å². The van der Waals surface area contributed by atoms with Crippen LogP contribution in [0.3, 0.4) is 0 Å². The lowest BCUT2D eigenvalue weighted by molar-refractivity contribution is 0.0582. The molecule has 0 aliphatic heterocycles. The Labute approximate surface area is 236 Å². The normalized spacial score (nSPS) is 37.9. The lowest BCUT2D eigenvalue weighted by Crippen LogP contribution is -2.34. The van der Waals surface area contributed by atoms with Gasteiger partial charge in [-0.1, -0.05) is 133 Å². The Kier molecular flexibility index (Phi) is 13.6. The highest BCUT2D eigenvalue weighted by molar-refractivity contribution is 4.89. The van der Waals surface area contributed by atoms with Gasteiger partial charge in [-0.2, -0.15) is 0 Å². The van der Waals surface area contributed by atoms with Gasteiger partial charge in [0.05, 0.1) is 0 Å². The minimum Gasteiger partial charge on any atom is -0.0651 e. The summed E-state index contributed by atoms with van der Waals surface area (Å²) in [5.74, 6) is 6.21. The molecule has 0 amide bonds. The Balaban J connectivity index is 0.000000200. The highest BCUT2D eigenvalue weighted by atomic mass is 14.4. The summed E-state index contributed by atoms with van der Waals surface area (Å²) in [6, 6.07) is 0. The van der Waals surface area contributed by atoms with Gasteiger partial charge < -0.3 is 0 Å². The second-order valence-electron chi connectivity index (χ2n) is 17.0. The van der Waals surface area contributed by atoms with Crippen molar-refractivity contribution in [1.82, 2.24) is 0 Å². The Morgan fingerprint density at radius 3 is 1.35 bits per heavy atom. The summed E-state index contributed by atoms with van der Waals surface area (Å²) in [5.41, 5.74) is 1.87. The van der Waals surface area contributed by atoms with Crippen LogP contribution in [0, 0.1) is 51.8 Å². The van der Waals surface area contributed by atoms with E-state index in [0.717, 1.165) is 35.5 Å². The van der Waals surface area contributed by atoms with Gasteiger partial charge in [0, 0.05) is 0 Å². The molecule has 0 N–H and O–H groups in total. The summed E-state index contributed by atoms with van der Waals surface area (Å²) in [6.45, 7) is 24.1. The molecular formula is C37H72. The molecule has 0 heteroatoms. The fourth-order valence-electron chi connectivity index (χ4n) is 8.89. The maximum absolute atomic E-state index is 2.46. The highest BCUT2D eigenvalue weighted by Gasteiger charge is 2.38. The van der Waals surface area contributed by atoms with Crippen LogP contribution < -0.4 is 0 Å². The van der Waals surface area contributed by atoms with Crippen molar-refractivity contribution < 1.29 is 0 Å². The maximum atomic E-state index is 2.46. The smallest absolute Gasteiger partial charge is 0.0321 e. The fraction of sp³-hybridized carbons (Fsp3) is 1.00. The van der Waals surface area contributed by atoms with Crippen LogP contribution in [0.4, 0.5) is 0 Å². The Morgan fingerprint density at radius 1 is 0.514 bits per heavy atom. The lowest BCUT2D eigenvalue weighted by Gasteiger charge is -2.45. The van der Waals surface area contributed by atoms with Gasteiger partial charge in [-0.05, 0) is 103 Å². The second-order valence-corrected chi connectivity index (χ2v) is 17.0. The minimum absolute atomic E-state index is 0.586. The third-order valence-corrected chi connectivity index (χ3v) is 11.5. The average molecular weight is 517 g/mol. The van der Waals surface area contributed by atoms with Crippen molar-refractivity contribution in [3.8, 4) is 0 Å². The van der Waals surface area contributed by atoms with E-state index in [0.29, 0.717) is 16.2 Å². The van der Waals surface area contributed by atoms with Crippen LogP contribution >= 0.6 is 0 Å². The molecule has 2 unspecified atom stereocenters. The topological polar surface area (TPSA) is 0 Å². The molecule has 0 aromatic rings. The van der Waals surface area contributed by atoms with Crippen LogP contribution in [0.2, 0.25) is 0 Å². The zero-order valence-electron chi connectivity index (χ0n) is 27.7. The van der Waals surface area contributed by atoms with E-state index in [2.05, 4.69) is 69.2 Å². The molecule has 4 saturated carbocycles. The number of hydrogen-bond donors (Lipinski definition) is 0. The molecule has 4 aliphatic rings. The van der Waals surface area contributed by atoms with Crippen LogP contribution in [0.5, 0.6) is 0 Å². The summed E-state index contributed by atoms with van der Waals surface area (Å²) in [7, 11) is 0. The predicted molar refractivity (Wildman–Crippen MR) is 168 cm³/mol. The van der Waals surface area contributed by atoms with E-state index in [-0.39, 0.29) is 0 Å². The van der Waals surface area contributed by atoms with Gasteiger partial charge in [0.2, 0.25) is 0 Å². The van der Waals surface area contributed by atoms with E-state index in [1.165, 1.54) is 109 Å². The van der Waals surface area contributed by atoms with E-state index in [1.54, 1.807) is 6.42 Å². The van der Waals surface area contributed by atoms with Gasteiger partial charge in [0.1, 0.15) is 0 Å². The van der Waals surface area contributed by atoms with Crippen molar-refractivity contribution in [2.75, 3.05) is 0 Å². The monoisotopic (exact) mass is 517 g/mol. The van der Waals surface area contributed by atoms with E-state index in [9.17, 15) is 0 Å². The first kappa shape index (κ1) is 33.2. The van der Waals surface area contributed by atoms with Crippen LogP contribution in [0.15, 0.2) is 0 Å². The van der Waals surface area contributed by atoms with E-state index < -0.39 is 0 Å². The van der Waals surface area contributed by atoms with Crippen molar-refractivity contribution in [2.24, 2.45) is 51.8 Å². The molecule has 4 rings (SSSR count). The molecule has 4 aliphatic carbocycles. The lowest BCUT2D eigenvalue weighted by atomic mass is 9.60. The summed E-state index contributed by atoms with van der Waals surface area (Å²) >= 11 is 0. The van der Waals surface area contributed by atoms with Crippen molar-refractivity contribution in [3.63, 3.8) is 0 Å². The maximum Gasteiger partial charge on any atom is -0.0321 e. The summed E-state index contributed by atoms with van der Waals surface area (Å²) in [5, 5.41) is 0. The van der Waals surface area contributed by atoms with Crippen molar-refractivity contribution in [3.05, 3.63) is 0 Å². The molecular weight excluding hydrogens is 444 g/mol. The second kappa shape index (κ2) is 15.1. The third kappa shape index (κ3) is 12.8. The van der Waals surface area contributed by atoms with Crippen LogP contribution in [0.1, 0.15) is 185 Å². The third-order valence-electron chi connectivity index (χ3n) is 11.5. The van der Waals surface area contributed by atoms with Gasteiger partial charge in [0.15, 0.2) is 0 Å². The average Bonchev–Trinajstić information content (AvgIpc) is 2.81. The van der Waals surface area contributed by atoms with Gasteiger partial charge in [-0.15, -0.1) is 0 Å². The van der Waals surface area contributed by atoms with Crippen molar-refractivity contribution in [2.45, 2.75) is 185 Å². The summed E-state index contributed by atoms with van der Waals surface area (Å²) in [6.07, 6.45) is 26.6. The first-order chi connectivity index (χ1) is 17.2. The van der Waals surface area contributed by atoms with Gasteiger partial charge in [-0.3, -0.25) is 0 Å². The Morgan fingerprint density at radius 2 is 0.973 bits per heavy atom. The zero-order valence-corrected chi connectivity index (χ0v) is 27.7. The van der Waals surface area contributed by atoms with Gasteiger partial charge in [-0.25, -0.2) is 0 Å². The molecule has 37 heavy (non-hydrogen) atoms. The molecule has 0 aromatic heterocycles. The first-order valence-corrected chi connectivity index (χ1v) is 17.2. The van der Waals surface area contributed by atoms with Gasteiger partial charge in [0.25, 0.3) is 0 Å². The molecule has 0 heterocycles. The molecule has 0 bridgehead atoms. The number of hydrogen-bond acceptors (Lipinski definition) is 0. The molecule has 0 aromatic carbocycles. The highest BCUT2D eigenvalue weighted by Crippen LogP contribution is 2.50. The SMILES string of the molecule is CC1CCC(CC2CCC(C)CC2)CC1.CCC1(C)CC(C)CC(C)(C)C1.CCC1CCC(C)(C)CC1. The summed E-state index contributed by atoms with van der Waals surface area (Å²) < 4.78 is 0. The van der Waals surface area contributed by atoms with Crippen molar-refractivity contribution >= 4 is 0 Å². The molecule has 0 saturated heterocycles. The molecule has 0 spiro atoms. The molecule has 0 nitrogen and oxygen atoms in total. The van der Waals surface area contributed by atoms with Crippen molar-refractivity contribution in [1.29, 1.82) is 0 Å². The molecule has 220 valence electrons. The van der Waals surface area contributed by atoms with Gasteiger partial charge >= 0.3 is 0 Å². The fourth-order valence-corrected chi connectivity index (χ4v) is 8.89. The Bertz CT molecular complexity index is 568. The molecule has 2 atom stereocenters. The standard InChI is InChI=1S/C15H28.C12H24.C10H20/c1-12-3-7-14(8-4-12)11-15-9-5-13(2)6-10-15;1-6-12(5)8-10(2)7-11(3,4)9-12;1-4-9-5-7-10(2,3)8-6-9/h12-15H,3-11H2,1-2H3;10H,6-9H2,1-5H3;9H,4-8H2,1-3H3. The largest absolute Gasteiger partial charge is 0.0651 e. The first-order valence-electron chi connectivity index (χ1n) is 17.2. The molecule has 0 radical (unpaired) electrons. The summed E-state index contributed by atoms with van der Waals surface area (Å²) in [4.78, 5) is 0. The Hall–Kier alpha value is 0. The number of rotatable bonds is 4. The zero-order chi connectivity index (χ0) is 27.7.